The molecule has 2 aromatic rings. The summed E-state index contributed by atoms with van der Waals surface area (Å²) in [6.07, 6.45) is 0. The van der Waals surface area contributed by atoms with Crippen molar-refractivity contribution >= 4 is 35.6 Å². The second-order valence-corrected chi connectivity index (χ2v) is 4.90. The van der Waals surface area contributed by atoms with Gasteiger partial charge < -0.3 is 17.7 Å². The van der Waals surface area contributed by atoms with Gasteiger partial charge in [-0.1, -0.05) is 59.0 Å². The molecule has 2 aromatic carbocycles. The van der Waals surface area contributed by atoms with Gasteiger partial charge in [0.1, 0.15) is 6.61 Å². The molecule has 0 bridgehead atoms. The van der Waals surface area contributed by atoms with Gasteiger partial charge in [0.25, 0.3) is 0 Å². The van der Waals surface area contributed by atoms with Crippen LogP contribution >= 0.6 is 23.2 Å². The molecule has 8 heteroatoms. The molecule has 0 spiro atoms. The third-order valence-electron chi connectivity index (χ3n) is 2.69. The Labute approximate surface area is 173 Å². The van der Waals surface area contributed by atoms with E-state index in [1.807, 2.05) is 0 Å². The van der Waals surface area contributed by atoms with Gasteiger partial charge in [-0.15, -0.1) is 0 Å². The standard InChI is InChI=1S/C13H9BCl2F3O.K/c15-11-6-3-4-9(13(11)16)8-20-12-7-2-1-5-10(12)14(17,18)19;/h1-7H,8H2;/q-1;+1. The normalized spacial score (nSPS) is 10.9. The van der Waals surface area contributed by atoms with Gasteiger partial charge in [-0.25, -0.2) is 0 Å². The molecule has 0 aliphatic rings. The van der Waals surface area contributed by atoms with Gasteiger partial charge in [-0.3, -0.25) is 0 Å². The molecule has 0 saturated carbocycles. The Morgan fingerprint density at radius 3 is 2.29 bits per heavy atom. The quantitative estimate of drug-likeness (QED) is 0.755. The Morgan fingerprint density at radius 1 is 0.952 bits per heavy atom. The van der Waals surface area contributed by atoms with E-state index in [1.54, 1.807) is 18.2 Å². The summed E-state index contributed by atoms with van der Waals surface area (Å²) in [6, 6.07) is 9.99. The van der Waals surface area contributed by atoms with Crippen molar-refractivity contribution in [2.75, 3.05) is 0 Å². The Morgan fingerprint density at radius 2 is 1.62 bits per heavy atom. The number of ether oxygens (including phenoxy) is 1. The molecule has 0 radical (unpaired) electrons. The molecule has 2 rings (SSSR count). The molecule has 106 valence electrons. The van der Waals surface area contributed by atoms with E-state index in [4.69, 9.17) is 27.9 Å². The van der Waals surface area contributed by atoms with E-state index in [0.717, 1.165) is 6.07 Å². The van der Waals surface area contributed by atoms with Crippen molar-refractivity contribution in [1.82, 2.24) is 0 Å². The summed E-state index contributed by atoms with van der Waals surface area (Å²) in [5.74, 6) is -0.212. The third-order valence-corrected chi connectivity index (χ3v) is 3.54. The van der Waals surface area contributed by atoms with Crippen LogP contribution in [0.1, 0.15) is 5.56 Å². The molecule has 0 aliphatic heterocycles. The fourth-order valence-electron chi connectivity index (χ4n) is 1.70. The van der Waals surface area contributed by atoms with Crippen LogP contribution in [-0.4, -0.2) is 6.98 Å². The maximum atomic E-state index is 12.9. The summed E-state index contributed by atoms with van der Waals surface area (Å²) in [4.78, 5) is 0. The molecule has 21 heavy (non-hydrogen) atoms. The first-order valence-corrected chi connectivity index (χ1v) is 6.49. The zero-order chi connectivity index (χ0) is 14.8. The molecule has 0 aliphatic carbocycles. The van der Waals surface area contributed by atoms with E-state index in [-0.39, 0.29) is 68.8 Å². The zero-order valence-corrected chi connectivity index (χ0v) is 15.8. The minimum atomic E-state index is -5.12. The number of hydrogen-bond acceptors (Lipinski definition) is 1. The molecule has 0 heterocycles. The van der Waals surface area contributed by atoms with E-state index in [9.17, 15) is 12.9 Å². The van der Waals surface area contributed by atoms with E-state index < -0.39 is 12.4 Å². The molecular formula is C13H9BCl2F3KO. The van der Waals surface area contributed by atoms with Crippen LogP contribution in [0.2, 0.25) is 10.0 Å². The van der Waals surface area contributed by atoms with Gasteiger partial charge >= 0.3 is 58.4 Å². The monoisotopic (exact) mass is 358 g/mol. The van der Waals surface area contributed by atoms with Crippen LogP contribution in [0.4, 0.5) is 12.9 Å². The van der Waals surface area contributed by atoms with Gasteiger partial charge in [-0.2, -0.15) is 0 Å². The van der Waals surface area contributed by atoms with Crippen molar-refractivity contribution in [2.45, 2.75) is 6.61 Å². The largest absolute Gasteiger partial charge is 1.00 e. The van der Waals surface area contributed by atoms with Gasteiger partial charge in [0, 0.05) is 5.56 Å². The second-order valence-electron chi connectivity index (χ2n) is 4.11. The fraction of sp³-hybridized carbons (Fsp3) is 0.0769. The average molecular weight is 359 g/mol. The van der Waals surface area contributed by atoms with Gasteiger partial charge in [-0.05, 0) is 12.1 Å². The molecule has 0 atom stereocenters. The Kier molecular flexibility index (Phi) is 7.60. The smallest absolute Gasteiger partial charge is 0.492 e. The minimum Gasteiger partial charge on any atom is -0.492 e. The number of hydrogen-bond donors (Lipinski definition) is 0. The van der Waals surface area contributed by atoms with Crippen molar-refractivity contribution < 1.29 is 69.1 Å². The molecule has 0 aromatic heterocycles. The average Bonchev–Trinajstić information content (AvgIpc) is 2.40. The molecule has 0 amide bonds. The third kappa shape index (κ3) is 5.17. The van der Waals surface area contributed by atoms with Crippen molar-refractivity contribution in [2.24, 2.45) is 0 Å². The number of rotatable bonds is 4. The summed E-state index contributed by atoms with van der Waals surface area (Å²) < 4.78 is 43.8. The topological polar surface area (TPSA) is 9.23 Å². The first-order valence-electron chi connectivity index (χ1n) is 5.74. The number of halogens is 5. The SMILES string of the molecule is F[B-](F)(F)c1ccccc1OCc1cccc(Cl)c1Cl.[K+]. The van der Waals surface area contributed by atoms with Crippen LogP contribution in [0.15, 0.2) is 42.5 Å². The van der Waals surface area contributed by atoms with Crippen LogP contribution in [-0.2, 0) is 6.61 Å². The molecular weight excluding hydrogens is 350 g/mol. The summed E-state index contributed by atoms with van der Waals surface area (Å²) >= 11 is 11.8. The zero-order valence-electron chi connectivity index (χ0n) is 11.1. The summed E-state index contributed by atoms with van der Waals surface area (Å²) in [5.41, 5.74) is -0.228. The van der Waals surface area contributed by atoms with Crippen molar-refractivity contribution in [1.29, 1.82) is 0 Å². The fourth-order valence-corrected chi connectivity index (χ4v) is 2.07. The predicted molar refractivity (Wildman–Crippen MR) is 75.9 cm³/mol. The maximum absolute atomic E-state index is 12.9. The Balaban J connectivity index is 0.00000220. The number of para-hydroxylation sites is 1. The molecule has 0 N–H and O–H groups in total. The van der Waals surface area contributed by atoms with Gasteiger partial charge in [0.2, 0.25) is 0 Å². The minimum absolute atomic E-state index is 0. The van der Waals surface area contributed by atoms with Crippen molar-refractivity contribution in [3.8, 4) is 5.75 Å². The molecule has 0 unspecified atom stereocenters. The summed E-state index contributed by atoms with van der Waals surface area (Å²) in [6.45, 7) is -5.20. The molecule has 0 saturated heterocycles. The van der Waals surface area contributed by atoms with Crippen LogP contribution < -0.4 is 61.6 Å². The first-order chi connectivity index (χ1) is 9.39. The van der Waals surface area contributed by atoms with Crippen molar-refractivity contribution in [3.63, 3.8) is 0 Å². The van der Waals surface area contributed by atoms with Crippen LogP contribution in [0.3, 0.4) is 0 Å². The Hall–Kier alpha value is 0.311. The second kappa shape index (κ2) is 8.24. The van der Waals surface area contributed by atoms with Crippen LogP contribution in [0, 0.1) is 0 Å². The first kappa shape index (κ1) is 19.4. The molecule has 1 nitrogen and oxygen atoms in total. The van der Waals surface area contributed by atoms with Gasteiger partial charge in [0.05, 0.1) is 15.8 Å². The van der Waals surface area contributed by atoms with E-state index in [0.29, 0.717) is 10.6 Å². The van der Waals surface area contributed by atoms with Crippen molar-refractivity contribution in [3.05, 3.63) is 58.1 Å². The van der Waals surface area contributed by atoms with Crippen LogP contribution in [0.5, 0.6) is 5.75 Å². The summed E-state index contributed by atoms with van der Waals surface area (Å²) in [7, 11) is 0. The maximum Gasteiger partial charge on any atom is 1.00 e. The number of benzene rings is 2. The summed E-state index contributed by atoms with van der Waals surface area (Å²) in [5, 5.41) is 0.616. The Bertz CT molecular complexity index is 623. The van der Waals surface area contributed by atoms with Crippen LogP contribution in [0.25, 0.3) is 0 Å². The predicted octanol–water partition coefficient (Wildman–Crippen LogP) is 1.63. The van der Waals surface area contributed by atoms with E-state index in [2.05, 4.69) is 0 Å². The van der Waals surface area contributed by atoms with Gasteiger partial charge in [0.15, 0.2) is 0 Å². The molecule has 0 fully saturated rings. The van der Waals surface area contributed by atoms with E-state index >= 15 is 0 Å². The van der Waals surface area contributed by atoms with E-state index in [1.165, 1.54) is 18.2 Å².